The lowest BCUT2D eigenvalue weighted by atomic mass is 9.94. The molecular formula is C13H24N2O2. The van der Waals surface area contributed by atoms with Crippen molar-refractivity contribution in [1.29, 1.82) is 0 Å². The first kappa shape index (κ1) is 12.8. The van der Waals surface area contributed by atoms with Gasteiger partial charge in [-0.2, -0.15) is 0 Å². The van der Waals surface area contributed by atoms with Crippen LogP contribution in [0.3, 0.4) is 0 Å². The molecule has 2 rings (SSSR count). The molecule has 17 heavy (non-hydrogen) atoms. The number of likely N-dealkylation sites (tertiary alicyclic amines) is 1. The van der Waals surface area contributed by atoms with Crippen molar-refractivity contribution in [3.8, 4) is 0 Å². The molecule has 2 aliphatic heterocycles. The highest BCUT2D eigenvalue weighted by Gasteiger charge is 2.30. The number of carbonyl (C=O) groups is 1. The van der Waals surface area contributed by atoms with Crippen LogP contribution in [-0.4, -0.2) is 48.2 Å². The van der Waals surface area contributed by atoms with E-state index >= 15 is 0 Å². The highest BCUT2D eigenvalue weighted by Crippen LogP contribution is 2.23. The van der Waals surface area contributed by atoms with E-state index in [1.807, 2.05) is 11.8 Å². The van der Waals surface area contributed by atoms with Crippen LogP contribution in [0.5, 0.6) is 0 Å². The molecule has 2 fully saturated rings. The Kier molecular flexibility index (Phi) is 4.40. The van der Waals surface area contributed by atoms with Gasteiger partial charge in [0.1, 0.15) is 0 Å². The molecule has 0 radical (unpaired) electrons. The Morgan fingerprint density at radius 1 is 1.41 bits per heavy atom. The molecule has 2 saturated heterocycles. The first-order chi connectivity index (χ1) is 8.16. The van der Waals surface area contributed by atoms with Gasteiger partial charge in [-0.15, -0.1) is 0 Å². The largest absolute Gasteiger partial charge is 0.393 e. The molecule has 0 aromatic heterocycles. The Hall–Kier alpha value is -0.610. The Morgan fingerprint density at radius 3 is 2.71 bits per heavy atom. The van der Waals surface area contributed by atoms with Crippen molar-refractivity contribution in [2.24, 2.45) is 11.8 Å². The predicted molar refractivity (Wildman–Crippen MR) is 66.6 cm³/mol. The smallest absolute Gasteiger partial charge is 0.222 e. The van der Waals surface area contributed by atoms with Gasteiger partial charge < -0.3 is 15.3 Å². The average Bonchev–Trinajstić information content (AvgIpc) is 2.79. The maximum absolute atomic E-state index is 12.1. The second kappa shape index (κ2) is 5.83. The Labute approximate surface area is 103 Å². The second-order valence-electron chi connectivity index (χ2n) is 5.53. The number of piperidine rings is 1. The van der Waals surface area contributed by atoms with Crippen LogP contribution in [0.25, 0.3) is 0 Å². The Morgan fingerprint density at radius 2 is 2.12 bits per heavy atom. The summed E-state index contributed by atoms with van der Waals surface area (Å²) in [7, 11) is 0. The van der Waals surface area contributed by atoms with Crippen LogP contribution in [0.4, 0.5) is 0 Å². The lowest BCUT2D eigenvalue weighted by Crippen LogP contribution is -2.34. The van der Waals surface area contributed by atoms with Crippen molar-refractivity contribution < 1.29 is 9.90 Å². The van der Waals surface area contributed by atoms with Crippen molar-refractivity contribution in [3.05, 3.63) is 0 Å². The number of hydrogen-bond donors (Lipinski definition) is 2. The quantitative estimate of drug-likeness (QED) is 0.760. The lowest BCUT2D eigenvalue weighted by molar-refractivity contribution is -0.131. The summed E-state index contributed by atoms with van der Waals surface area (Å²) in [4.78, 5) is 14.0. The first-order valence-electron chi connectivity index (χ1n) is 6.83. The van der Waals surface area contributed by atoms with Crippen molar-refractivity contribution in [2.75, 3.05) is 26.2 Å². The van der Waals surface area contributed by atoms with Crippen LogP contribution in [0, 0.1) is 11.8 Å². The highest BCUT2D eigenvalue weighted by molar-refractivity contribution is 5.76. The topological polar surface area (TPSA) is 52.6 Å². The third kappa shape index (κ3) is 3.42. The van der Waals surface area contributed by atoms with Gasteiger partial charge in [0.05, 0.1) is 6.10 Å². The fourth-order valence-corrected chi connectivity index (χ4v) is 2.87. The van der Waals surface area contributed by atoms with E-state index in [1.165, 1.54) is 0 Å². The first-order valence-corrected chi connectivity index (χ1v) is 6.83. The van der Waals surface area contributed by atoms with E-state index in [2.05, 4.69) is 5.32 Å². The molecule has 2 N–H and O–H groups in total. The highest BCUT2D eigenvalue weighted by atomic mass is 16.3. The normalized spacial score (nSPS) is 28.4. The molecule has 0 aromatic carbocycles. The van der Waals surface area contributed by atoms with Gasteiger partial charge in [-0.3, -0.25) is 4.79 Å². The standard InChI is InChI=1S/C13H24N2O2/c1-10(16)12-4-7-15(9-12)13(17)8-11-2-5-14-6-3-11/h10-12,14,16H,2-9H2,1H3/t10-,12-/m0/s1. The van der Waals surface area contributed by atoms with Crippen LogP contribution in [0.2, 0.25) is 0 Å². The van der Waals surface area contributed by atoms with E-state index in [1.54, 1.807) is 0 Å². The monoisotopic (exact) mass is 240 g/mol. The third-order valence-electron chi connectivity index (χ3n) is 4.18. The van der Waals surface area contributed by atoms with Gasteiger partial charge >= 0.3 is 0 Å². The van der Waals surface area contributed by atoms with Gasteiger partial charge in [0.2, 0.25) is 5.91 Å². The predicted octanol–water partition coefficient (Wildman–Crippen LogP) is 0.605. The minimum absolute atomic E-state index is 0.284. The minimum atomic E-state index is -0.285. The summed E-state index contributed by atoms with van der Waals surface area (Å²) in [5.41, 5.74) is 0. The second-order valence-corrected chi connectivity index (χ2v) is 5.53. The van der Waals surface area contributed by atoms with E-state index in [0.717, 1.165) is 45.4 Å². The molecule has 0 saturated carbocycles. The molecule has 2 heterocycles. The summed E-state index contributed by atoms with van der Waals surface area (Å²) in [5.74, 6) is 1.14. The van der Waals surface area contributed by atoms with Gasteiger partial charge in [0.15, 0.2) is 0 Å². The maximum atomic E-state index is 12.1. The number of aliphatic hydroxyl groups excluding tert-OH is 1. The zero-order valence-corrected chi connectivity index (χ0v) is 10.7. The van der Waals surface area contributed by atoms with Crippen molar-refractivity contribution in [1.82, 2.24) is 10.2 Å². The van der Waals surface area contributed by atoms with Crippen molar-refractivity contribution in [3.63, 3.8) is 0 Å². The number of carbonyl (C=O) groups excluding carboxylic acids is 1. The number of aliphatic hydroxyl groups is 1. The molecule has 2 atom stereocenters. The van der Waals surface area contributed by atoms with Crippen LogP contribution in [-0.2, 0) is 4.79 Å². The molecule has 98 valence electrons. The summed E-state index contributed by atoms with van der Waals surface area (Å²) in [6.45, 7) is 5.51. The number of amides is 1. The fourth-order valence-electron chi connectivity index (χ4n) is 2.87. The summed E-state index contributed by atoms with van der Waals surface area (Å²) < 4.78 is 0. The van der Waals surface area contributed by atoms with Gasteiger partial charge in [0.25, 0.3) is 0 Å². The Bertz CT molecular complexity index is 262. The molecule has 4 heteroatoms. The number of nitrogens with zero attached hydrogens (tertiary/aromatic N) is 1. The van der Waals surface area contributed by atoms with Crippen LogP contribution in [0.1, 0.15) is 32.6 Å². The van der Waals surface area contributed by atoms with Gasteiger partial charge in [-0.1, -0.05) is 0 Å². The molecule has 4 nitrogen and oxygen atoms in total. The number of rotatable bonds is 3. The molecular weight excluding hydrogens is 216 g/mol. The summed E-state index contributed by atoms with van der Waals surface area (Å²) in [6, 6.07) is 0. The minimum Gasteiger partial charge on any atom is -0.393 e. The van der Waals surface area contributed by atoms with E-state index in [-0.39, 0.29) is 12.0 Å². The van der Waals surface area contributed by atoms with E-state index in [9.17, 15) is 9.90 Å². The number of hydrogen-bond acceptors (Lipinski definition) is 3. The molecule has 1 amide bonds. The zero-order chi connectivity index (χ0) is 12.3. The third-order valence-corrected chi connectivity index (χ3v) is 4.18. The van der Waals surface area contributed by atoms with Crippen LogP contribution >= 0.6 is 0 Å². The molecule has 0 aliphatic carbocycles. The number of nitrogens with one attached hydrogen (secondary N) is 1. The van der Waals surface area contributed by atoms with Gasteiger partial charge in [-0.25, -0.2) is 0 Å². The van der Waals surface area contributed by atoms with Gasteiger partial charge in [0, 0.05) is 25.4 Å². The molecule has 2 aliphatic rings. The van der Waals surface area contributed by atoms with Crippen LogP contribution < -0.4 is 5.32 Å². The maximum Gasteiger partial charge on any atom is 0.222 e. The lowest BCUT2D eigenvalue weighted by Gasteiger charge is -2.25. The van der Waals surface area contributed by atoms with Gasteiger partial charge in [-0.05, 0) is 45.2 Å². The molecule has 0 aromatic rings. The van der Waals surface area contributed by atoms with Crippen molar-refractivity contribution in [2.45, 2.75) is 38.7 Å². The zero-order valence-electron chi connectivity index (χ0n) is 10.7. The molecule has 0 bridgehead atoms. The van der Waals surface area contributed by atoms with E-state index in [4.69, 9.17) is 0 Å². The summed E-state index contributed by atoms with van der Waals surface area (Å²) in [5, 5.41) is 12.8. The summed E-state index contributed by atoms with van der Waals surface area (Å²) in [6.07, 6.45) is 3.62. The fraction of sp³-hybridized carbons (Fsp3) is 0.923. The summed E-state index contributed by atoms with van der Waals surface area (Å²) >= 11 is 0. The van der Waals surface area contributed by atoms with Crippen LogP contribution in [0.15, 0.2) is 0 Å². The Balaban J connectivity index is 1.76. The van der Waals surface area contributed by atoms with E-state index < -0.39 is 0 Å². The average molecular weight is 240 g/mol. The SMILES string of the molecule is C[C@H](O)[C@H]1CCN(C(=O)CC2CCNCC2)C1. The van der Waals surface area contributed by atoms with E-state index in [0.29, 0.717) is 18.2 Å². The molecule has 0 spiro atoms. The molecule has 0 unspecified atom stereocenters. The van der Waals surface area contributed by atoms with Crippen molar-refractivity contribution >= 4 is 5.91 Å².